The van der Waals surface area contributed by atoms with Crippen LogP contribution in [0.3, 0.4) is 0 Å². The largest absolute Gasteiger partial charge is 0.481 e. The van der Waals surface area contributed by atoms with Gasteiger partial charge in [0.15, 0.2) is 0 Å². The Labute approximate surface area is 219 Å². The monoisotopic (exact) mass is 740 g/mol. The maximum atomic E-state index is 12.2. The summed E-state index contributed by atoms with van der Waals surface area (Å²) in [6.45, 7) is 0. The molecule has 1 rings (SSSR count). The Morgan fingerprint density at radius 2 is 0.475 bits per heavy atom. The zero-order valence-corrected chi connectivity index (χ0v) is 24.4. The molecule has 1 aliphatic rings. The van der Waals surface area contributed by atoms with E-state index in [1.165, 1.54) is 0 Å². The zero-order valence-electron chi connectivity index (χ0n) is 18.1. The first-order chi connectivity index (χ1) is 17.3. The first-order valence-electron chi connectivity index (χ1n) is 8.75. The summed E-state index contributed by atoms with van der Waals surface area (Å²) < 4.78 is 109. The van der Waals surface area contributed by atoms with Gasteiger partial charge in [-0.3, -0.25) is 27.1 Å². The first kappa shape index (κ1) is 38.8. The highest BCUT2D eigenvalue weighted by atomic mass is 31.3. The van der Waals surface area contributed by atoms with Gasteiger partial charge < -0.3 is 63.6 Å². The van der Waals surface area contributed by atoms with Gasteiger partial charge in [-0.2, -0.15) is 4.31 Å². The van der Waals surface area contributed by atoms with Crippen molar-refractivity contribution >= 4 is 54.8 Å². The van der Waals surface area contributed by atoms with Crippen LogP contribution in [0.5, 0.6) is 0 Å². The Morgan fingerprint density at radius 3 is 0.625 bits per heavy atom. The van der Waals surface area contributed by atoms with Gasteiger partial charge in [0.2, 0.25) is 0 Å². The second kappa shape index (κ2) is 13.0. The Bertz CT molecular complexity index is 1160. The van der Waals surface area contributed by atoms with Crippen molar-refractivity contribution in [2.75, 3.05) is 0 Å². The number of phosphoric acid groups is 7. The van der Waals surface area contributed by atoms with E-state index in [9.17, 15) is 85.8 Å². The lowest BCUT2D eigenvalue weighted by Gasteiger charge is -2.48. The molecule has 1 saturated carbocycles. The Balaban J connectivity index is 4.13. The van der Waals surface area contributed by atoms with Gasteiger partial charge in [0.05, 0.1) is 0 Å². The molecular formula is C6H19O27P7. The molecule has 0 spiro atoms. The van der Waals surface area contributed by atoms with Crippen LogP contribution in [0.15, 0.2) is 0 Å². The average Bonchev–Trinajstić information content (AvgIpc) is 2.57. The van der Waals surface area contributed by atoms with Crippen LogP contribution >= 0.6 is 54.8 Å². The van der Waals surface area contributed by atoms with Gasteiger partial charge >= 0.3 is 54.8 Å². The van der Waals surface area contributed by atoms with Crippen molar-refractivity contribution < 1.29 is 127 Å². The van der Waals surface area contributed by atoms with Crippen molar-refractivity contribution in [3.05, 3.63) is 0 Å². The van der Waals surface area contributed by atoms with E-state index in [1.807, 2.05) is 0 Å². The van der Waals surface area contributed by atoms with Crippen LogP contribution in [0, 0.1) is 0 Å². The highest BCUT2D eigenvalue weighted by Crippen LogP contribution is 2.62. The van der Waals surface area contributed by atoms with Gasteiger partial charge in [-0.15, -0.1) is 0 Å². The number of rotatable bonds is 14. The van der Waals surface area contributed by atoms with Gasteiger partial charge in [-0.25, -0.2) is 32.0 Å². The van der Waals surface area contributed by atoms with Crippen molar-refractivity contribution in [3.8, 4) is 0 Å². The maximum absolute atomic E-state index is 12.2. The van der Waals surface area contributed by atoms with Gasteiger partial charge in [-0.05, 0) is 0 Å². The van der Waals surface area contributed by atoms with Gasteiger partial charge in [-0.1, -0.05) is 0 Å². The van der Waals surface area contributed by atoms with E-state index in [1.54, 1.807) is 0 Å². The van der Waals surface area contributed by atoms with Gasteiger partial charge in [0, 0.05) is 0 Å². The quantitative estimate of drug-likeness (QED) is 0.0788. The summed E-state index contributed by atoms with van der Waals surface area (Å²) in [5.74, 6) is 0. The van der Waals surface area contributed by atoms with Gasteiger partial charge in [0.1, 0.15) is 36.6 Å². The Kier molecular flexibility index (Phi) is 12.7. The predicted octanol–water partition coefficient (Wildman–Crippen LogP) is -3.02. The Morgan fingerprint density at radius 1 is 0.300 bits per heavy atom. The molecule has 0 aromatic rings. The molecule has 40 heavy (non-hydrogen) atoms. The van der Waals surface area contributed by atoms with Crippen molar-refractivity contribution in [1.29, 1.82) is 0 Å². The standard InChI is InChI=1S/C6H19O27P7/c7-34(8,9)27-1-2(28-35(10,11)12)4(30-37(16,17)18)6(32-40(25,26)33-39(22,23)24)5(31-38(19,20)21)3(1)29-36(13,14)15/h1-6H,(H,25,26)(H2,7,8,9)(H2,10,11,12)(H2,13,14,15)(H2,16,17,18)(H2,19,20,21)(H2,22,23,24)/t1-,2-,3+,4-,5-,6-/m0/s1. The summed E-state index contributed by atoms with van der Waals surface area (Å²) in [5.41, 5.74) is 0. The molecule has 13 N–H and O–H groups in total. The zero-order chi connectivity index (χ0) is 31.9. The van der Waals surface area contributed by atoms with Crippen molar-refractivity contribution in [2.24, 2.45) is 0 Å². The lowest BCUT2D eigenvalue weighted by molar-refractivity contribution is -0.201. The minimum Gasteiger partial charge on any atom is -0.303 e. The van der Waals surface area contributed by atoms with Crippen LogP contribution in [0.4, 0.5) is 0 Å². The lowest BCUT2D eigenvalue weighted by Crippen LogP contribution is -2.66. The first-order valence-corrected chi connectivity index (χ1v) is 19.4. The lowest BCUT2D eigenvalue weighted by atomic mass is 9.85. The van der Waals surface area contributed by atoms with E-state index in [4.69, 9.17) is 9.79 Å². The predicted molar refractivity (Wildman–Crippen MR) is 112 cm³/mol. The van der Waals surface area contributed by atoms with E-state index in [0.29, 0.717) is 0 Å². The molecule has 0 aliphatic heterocycles. The highest BCUT2D eigenvalue weighted by molar-refractivity contribution is 7.60. The SMILES string of the molecule is O=P(O)(O)O[C@@H]1[C@@H](OP(=O)(O)O)[C@H](OP(=O)(O)O)[C@@H](OP(=O)(O)OP(=O)(O)O)[C@@H](OP(=O)(O)O)[C@H]1OP(=O)(O)O. The molecule has 1 aliphatic carbocycles. The van der Waals surface area contributed by atoms with Crippen LogP contribution in [0.2, 0.25) is 0 Å². The number of hydrogen-bond acceptors (Lipinski definition) is 14. The molecule has 0 radical (unpaired) electrons. The molecule has 34 heteroatoms. The molecule has 0 amide bonds. The third kappa shape index (κ3) is 15.0. The van der Waals surface area contributed by atoms with Crippen LogP contribution in [0.25, 0.3) is 0 Å². The summed E-state index contributed by atoms with van der Waals surface area (Å²) in [5, 5.41) is 0. The fourth-order valence-electron chi connectivity index (χ4n) is 2.94. The molecule has 0 heterocycles. The molecule has 27 nitrogen and oxygen atoms in total. The maximum Gasteiger partial charge on any atom is 0.481 e. The molecular weight excluding hydrogens is 721 g/mol. The van der Waals surface area contributed by atoms with Crippen molar-refractivity contribution in [3.63, 3.8) is 0 Å². The second-order valence-electron chi connectivity index (χ2n) is 6.91. The molecule has 0 saturated heterocycles. The third-order valence-corrected chi connectivity index (χ3v) is 8.48. The van der Waals surface area contributed by atoms with E-state index < -0.39 is 91.4 Å². The molecule has 0 bridgehead atoms. The minimum absolute atomic E-state index is 3.27. The highest BCUT2D eigenvalue weighted by Gasteiger charge is 2.63. The summed E-state index contributed by atoms with van der Waals surface area (Å²) in [7, 11) is -43.3. The molecule has 7 atom stereocenters. The van der Waals surface area contributed by atoms with Gasteiger partial charge in [0.25, 0.3) is 0 Å². The number of hydrogen-bond donors (Lipinski definition) is 13. The van der Waals surface area contributed by atoms with Crippen LogP contribution in [0.1, 0.15) is 0 Å². The normalized spacial score (nSPS) is 29.2. The third-order valence-electron chi connectivity index (χ3n) is 3.70. The van der Waals surface area contributed by atoms with E-state index in [0.717, 1.165) is 0 Å². The second-order valence-corrected chi connectivity index (χ2v) is 15.7. The molecule has 0 aromatic carbocycles. The fourth-order valence-corrected chi connectivity index (χ4v) is 7.50. The van der Waals surface area contributed by atoms with Crippen molar-refractivity contribution in [1.82, 2.24) is 0 Å². The summed E-state index contributed by atoms with van der Waals surface area (Å²) in [6, 6.07) is 0. The summed E-state index contributed by atoms with van der Waals surface area (Å²) in [6.07, 6.45) is -19.9. The van der Waals surface area contributed by atoms with Crippen molar-refractivity contribution in [2.45, 2.75) is 36.6 Å². The smallest absolute Gasteiger partial charge is 0.303 e. The summed E-state index contributed by atoms with van der Waals surface area (Å²) in [4.78, 5) is 119. The minimum atomic E-state index is -6.43. The van der Waals surface area contributed by atoms with E-state index in [2.05, 4.69) is 31.5 Å². The van der Waals surface area contributed by atoms with E-state index in [-0.39, 0.29) is 0 Å². The average molecular weight is 740 g/mol. The van der Waals surface area contributed by atoms with E-state index >= 15 is 0 Å². The molecule has 0 aromatic heterocycles. The summed E-state index contributed by atoms with van der Waals surface area (Å²) >= 11 is 0. The molecule has 1 fully saturated rings. The van der Waals surface area contributed by atoms with Crippen LogP contribution < -0.4 is 0 Å². The Hall–Kier alpha value is 0.810. The fraction of sp³-hybridized carbons (Fsp3) is 1.00. The topological polar surface area (TPSA) is 447 Å². The van der Waals surface area contributed by atoms with Crippen LogP contribution in [-0.4, -0.2) is 100 Å². The number of phosphoric ester groups is 6. The molecule has 1 unspecified atom stereocenters. The van der Waals surface area contributed by atoms with Crippen LogP contribution in [-0.2, 0) is 63.4 Å². The molecule has 240 valence electrons.